The number of imidazole rings is 1. The normalized spacial score (nSPS) is 15.9. The summed E-state index contributed by atoms with van der Waals surface area (Å²) >= 11 is 0. The summed E-state index contributed by atoms with van der Waals surface area (Å²) in [6, 6.07) is 17.4. The predicted octanol–water partition coefficient (Wildman–Crippen LogP) is 5.83. The topological polar surface area (TPSA) is 48.6 Å². The van der Waals surface area contributed by atoms with Gasteiger partial charge in [-0.3, -0.25) is 9.13 Å². The number of halogens is 3. The molecular weight excluding hydrogens is 483 g/mol. The average Bonchev–Trinajstić information content (AvgIpc) is 3.42. The smallest absolute Gasteiger partial charge is 0.494 e. The van der Waals surface area contributed by atoms with Gasteiger partial charge < -0.3 is 14.4 Å². The van der Waals surface area contributed by atoms with Crippen LogP contribution in [0.25, 0.3) is 11.0 Å². The lowest BCUT2D eigenvalue weighted by molar-refractivity contribution is -0.274. The van der Waals surface area contributed by atoms with Gasteiger partial charge in [-0.25, -0.2) is 4.79 Å². The molecule has 4 aromatic rings. The highest BCUT2D eigenvalue weighted by molar-refractivity contribution is 5.83. The summed E-state index contributed by atoms with van der Waals surface area (Å²) < 4.78 is 52.2. The van der Waals surface area contributed by atoms with Gasteiger partial charge in [-0.15, -0.1) is 13.2 Å². The first-order valence-electron chi connectivity index (χ1n) is 12.1. The minimum absolute atomic E-state index is 0.0949. The summed E-state index contributed by atoms with van der Waals surface area (Å²) in [6.07, 6.45) is -4.08. The zero-order valence-corrected chi connectivity index (χ0v) is 20.9. The number of fused-ring (bicyclic) bond motifs is 1. The molecule has 0 saturated carbocycles. The Morgan fingerprint density at radius 1 is 0.946 bits per heavy atom. The third-order valence-corrected chi connectivity index (χ3v) is 6.98. The van der Waals surface area contributed by atoms with Crippen LogP contribution in [0, 0.1) is 13.8 Å². The molecule has 1 unspecified atom stereocenters. The molecule has 1 aliphatic rings. The third-order valence-electron chi connectivity index (χ3n) is 6.98. The van der Waals surface area contributed by atoms with Crippen molar-refractivity contribution in [3.8, 4) is 11.5 Å². The number of nitrogens with zero attached hydrogens (tertiary/aromatic N) is 3. The molecule has 2 heterocycles. The van der Waals surface area contributed by atoms with Crippen LogP contribution in [0.5, 0.6) is 11.5 Å². The minimum atomic E-state index is -4.84. The van der Waals surface area contributed by atoms with E-state index in [1.807, 2.05) is 18.2 Å². The van der Waals surface area contributed by atoms with E-state index in [2.05, 4.69) is 35.6 Å². The molecular formula is C28H28F3N3O3. The van der Waals surface area contributed by atoms with E-state index in [0.717, 1.165) is 13.0 Å². The van der Waals surface area contributed by atoms with Crippen LogP contribution in [0.15, 0.2) is 65.5 Å². The fourth-order valence-corrected chi connectivity index (χ4v) is 5.46. The Labute approximate surface area is 212 Å². The highest BCUT2D eigenvalue weighted by Crippen LogP contribution is 2.35. The Morgan fingerprint density at radius 2 is 1.62 bits per heavy atom. The zero-order valence-electron chi connectivity index (χ0n) is 20.9. The summed E-state index contributed by atoms with van der Waals surface area (Å²) in [6.45, 7) is 5.51. The van der Waals surface area contributed by atoms with Crippen LogP contribution in [-0.4, -0.2) is 35.7 Å². The van der Waals surface area contributed by atoms with E-state index in [1.165, 1.54) is 46.7 Å². The second-order valence-corrected chi connectivity index (χ2v) is 9.35. The van der Waals surface area contributed by atoms with E-state index >= 15 is 0 Å². The number of aryl methyl sites for hydroxylation is 2. The Balaban J connectivity index is 1.59. The molecule has 6 nitrogen and oxygen atoms in total. The van der Waals surface area contributed by atoms with Gasteiger partial charge in [0.05, 0.1) is 25.2 Å². The van der Waals surface area contributed by atoms with Crippen molar-refractivity contribution in [2.75, 3.05) is 25.1 Å². The van der Waals surface area contributed by atoms with Crippen molar-refractivity contribution >= 4 is 16.7 Å². The van der Waals surface area contributed by atoms with Crippen molar-refractivity contribution in [3.05, 3.63) is 87.8 Å². The SMILES string of the molecule is COc1cccc2c1n(Cc1ccccc1OC(F)(F)F)c(=O)n2C1CCN(c2c(C)cccc2C)C1. The summed E-state index contributed by atoms with van der Waals surface area (Å²) in [5.74, 6) is 0.145. The van der Waals surface area contributed by atoms with Crippen LogP contribution >= 0.6 is 0 Å². The first-order chi connectivity index (χ1) is 17.7. The van der Waals surface area contributed by atoms with Gasteiger partial charge in [0.25, 0.3) is 0 Å². The summed E-state index contributed by atoms with van der Waals surface area (Å²) in [7, 11) is 1.51. The molecule has 5 rings (SSSR count). The fraction of sp³-hybridized carbons (Fsp3) is 0.321. The molecule has 0 aliphatic carbocycles. The van der Waals surface area contributed by atoms with Gasteiger partial charge in [0.2, 0.25) is 0 Å². The lowest BCUT2D eigenvalue weighted by Crippen LogP contribution is -2.30. The molecule has 0 bridgehead atoms. The summed E-state index contributed by atoms with van der Waals surface area (Å²) in [4.78, 5) is 16.2. The summed E-state index contributed by atoms with van der Waals surface area (Å²) in [5.41, 5.74) is 4.72. The number of rotatable bonds is 6. The molecule has 194 valence electrons. The number of anilines is 1. The van der Waals surface area contributed by atoms with Crippen LogP contribution < -0.4 is 20.1 Å². The van der Waals surface area contributed by atoms with Gasteiger partial charge in [0, 0.05) is 24.3 Å². The van der Waals surface area contributed by atoms with Gasteiger partial charge in [-0.05, 0) is 49.6 Å². The molecule has 0 spiro atoms. The lowest BCUT2D eigenvalue weighted by Gasteiger charge is -2.23. The van der Waals surface area contributed by atoms with E-state index in [0.29, 0.717) is 23.3 Å². The van der Waals surface area contributed by atoms with Crippen LogP contribution in [0.1, 0.15) is 29.2 Å². The molecule has 0 amide bonds. The van der Waals surface area contributed by atoms with Crippen molar-refractivity contribution in [1.29, 1.82) is 0 Å². The van der Waals surface area contributed by atoms with E-state index in [-0.39, 0.29) is 29.6 Å². The number of alkyl halides is 3. The standard InChI is InChI=1S/C28H28F3N3O3/c1-18-8-6-9-19(2)25(18)32-15-14-21(17-32)34-22-11-7-13-24(36-3)26(22)33(27(34)35)16-20-10-4-5-12-23(20)37-28(29,30)31/h4-13,21H,14-17H2,1-3H3. The van der Waals surface area contributed by atoms with E-state index in [9.17, 15) is 18.0 Å². The number of aromatic nitrogens is 2. The second-order valence-electron chi connectivity index (χ2n) is 9.35. The van der Waals surface area contributed by atoms with Crippen molar-refractivity contribution in [2.45, 2.75) is 39.2 Å². The molecule has 0 radical (unpaired) electrons. The number of methoxy groups -OCH3 is 1. The average molecular weight is 512 g/mol. The maximum atomic E-state index is 13.9. The molecule has 1 fully saturated rings. The number of para-hydroxylation sites is 3. The molecule has 1 aliphatic heterocycles. The molecule has 1 aromatic heterocycles. The molecule has 9 heteroatoms. The van der Waals surface area contributed by atoms with Gasteiger partial charge in [0.1, 0.15) is 17.0 Å². The van der Waals surface area contributed by atoms with Crippen LogP contribution in [0.2, 0.25) is 0 Å². The quantitative estimate of drug-likeness (QED) is 0.327. The maximum absolute atomic E-state index is 13.9. The van der Waals surface area contributed by atoms with E-state index in [1.54, 1.807) is 16.7 Å². The minimum Gasteiger partial charge on any atom is -0.494 e. The lowest BCUT2D eigenvalue weighted by atomic mass is 10.1. The zero-order chi connectivity index (χ0) is 26.3. The molecule has 3 aromatic carbocycles. The highest BCUT2D eigenvalue weighted by atomic mass is 19.4. The monoisotopic (exact) mass is 511 g/mol. The molecule has 0 N–H and O–H groups in total. The Morgan fingerprint density at radius 3 is 2.32 bits per heavy atom. The number of hydrogen-bond donors (Lipinski definition) is 0. The maximum Gasteiger partial charge on any atom is 0.573 e. The van der Waals surface area contributed by atoms with Crippen molar-refractivity contribution in [1.82, 2.24) is 9.13 Å². The van der Waals surface area contributed by atoms with Crippen molar-refractivity contribution in [3.63, 3.8) is 0 Å². The Hall–Kier alpha value is -3.88. The predicted molar refractivity (Wildman–Crippen MR) is 137 cm³/mol. The molecule has 37 heavy (non-hydrogen) atoms. The van der Waals surface area contributed by atoms with Gasteiger partial charge >= 0.3 is 12.1 Å². The van der Waals surface area contributed by atoms with E-state index in [4.69, 9.17) is 4.74 Å². The largest absolute Gasteiger partial charge is 0.573 e. The number of hydrogen-bond acceptors (Lipinski definition) is 4. The number of ether oxygens (including phenoxy) is 2. The first kappa shape index (κ1) is 24.8. The highest BCUT2D eigenvalue weighted by Gasteiger charge is 2.33. The van der Waals surface area contributed by atoms with E-state index < -0.39 is 6.36 Å². The fourth-order valence-electron chi connectivity index (χ4n) is 5.46. The van der Waals surface area contributed by atoms with Crippen LogP contribution in [0.3, 0.4) is 0 Å². The Kier molecular flexibility index (Phi) is 6.39. The van der Waals surface area contributed by atoms with Gasteiger partial charge in [-0.1, -0.05) is 42.5 Å². The third kappa shape index (κ3) is 4.65. The van der Waals surface area contributed by atoms with Crippen LogP contribution in [-0.2, 0) is 6.54 Å². The number of benzene rings is 3. The second kappa shape index (κ2) is 9.53. The van der Waals surface area contributed by atoms with Crippen molar-refractivity contribution < 1.29 is 22.6 Å². The van der Waals surface area contributed by atoms with Gasteiger partial charge in [0.15, 0.2) is 0 Å². The summed E-state index contributed by atoms with van der Waals surface area (Å²) in [5, 5.41) is 0. The first-order valence-corrected chi connectivity index (χ1v) is 12.1. The van der Waals surface area contributed by atoms with Gasteiger partial charge in [-0.2, -0.15) is 0 Å². The Bertz CT molecular complexity index is 1490. The molecule has 1 saturated heterocycles. The molecule has 1 atom stereocenters. The van der Waals surface area contributed by atoms with Crippen molar-refractivity contribution in [2.24, 2.45) is 0 Å². The van der Waals surface area contributed by atoms with Crippen LogP contribution in [0.4, 0.5) is 18.9 Å².